The highest BCUT2D eigenvalue weighted by Gasteiger charge is 1.97. The second-order valence-corrected chi connectivity index (χ2v) is 3.05. The molecule has 2 N–H and O–H groups in total. The van der Waals surface area contributed by atoms with E-state index in [2.05, 4.69) is 15.6 Å². The summed E-state index contributed by atoms with van der Waals surface area (Å²) >= 11 is 0. The molecule has 1 aromatic rings. The van der Waals surface area contributed by atoms with Gasteiger partial charge in [-0.1, -0.05) is 6.07 Å². The minimum atomic E-state index is -0.0161. The van der Waals surface area contributed by atoms with Crippen LogP contribution in [0, 0.1) is 6.92 Å². The summed E-state index contributed by atoms with van der Waals surface area (Å²) in [7, 11) is 1.62. The van der Waals surface area contributed by atoms with E-state index in [-0.39, 0.29) is 5.91 Å². The molecule has 4 nitrogen and oxygen atoms in total. The van der Waals surface area contributed by atoms with Gasteiger partial charge in [0.15, 0.2) is 0 Å². The molecule has 0 aliphatic rings. The lowest BCUT2D eigenvalue weighted by Gasteiger charge is -2.03. The Labute approximate surface area is 83.7 Å². The number of carbonyl (C=O) groups is 1. The van der Waals surface area contributed by atoms with Gasteiger partial charge in [-0.05, 0) is 19.1 Å². The van der Waals surface area contributed by atoms with Crippen molar-refractivity contribution in [3.8, 4) is 0 Å². The number of carbonyl (C=O) groups excluding carboxylic acids is 1. The summed E-state index contributed by atoms with van der Waals surface area (Å²) in [6.45, 7) is 2.89. The van der Waals surface area contributed by atoms with Crippen LogP contribution in [-0.4, -0.2) is 24.5 Å². The molecule has 0 spiro atoms. The molecule has 0 aromatic carbocycles. The van der Waals surface area contributed by atoms with Crippen molar-refractivity contribution in [2.45, 2.75) is 13.5 Å². The molecule has 0 saturated carbocycles. The Hall–Kier alpha value is -1.42. The molecule has 0 saturated heterocycles. The molecule has 0 unspecified atom stereocenters. The summed E-state index contributed by atoms with van der Waals surface area (Å²) in [5.41, 5.74) is 1.94. The Balaban J connectivity index is 2.35. The standard InChI is InChI=1S/C10H15N3O/c1-8-4-3-5-9(13-8)6-12-7-10(14)11-2/h3-5,12H,6-7H2,1-2H3,(H,11,14). The Morgan fingerprint density at radius 1 is 1.50 bits per heavy atom. The van der Waals surface area contributed by atoms with Crippen LogP contribution in [-0.2, 0) is 11.3 Å². The van der Waals surface area contributed by atoms with E-state index in [9.17, 15) is 4.79 Å². The summed E-state index contributed by atoms with van der Waals surface area (Å²) in [6.07, 6.45) is 0. The minimum absolute atomic E-state index is 0.0161. The van der Waals surface area contributed by atoms with E-state index in [1.54, 1.807) is 7.05 Å². The Bertz CT molecular complexity index is 312. The van der Waals surface area contributed by atoms with Crippen LogP contribution < -0.4 is 10.6 Å². The maximum absolute atomic E-state index is 10.9. The van der Waals surface area contributed by atoms with Crippen LogP contribution in [0.4, 0.5) is 0 Å². The van der Waals surface area contributed by atoms with Crippen molar-refractivity contribution in [3.05, 3.63) is 29.6 Å². The number of hydrogen-bond acceptors (Lipinski definition) is 3. The van der Waals surface area contributed by atoms with Gasteiger partial charge in [0.25, 0.3) is 0 Å². The van der Waals surface area contributed by atoms with Crippen molar-refractivity contribution in [2.24, 2.45) is 0 Å². The first kappa shape index (κ1) is 10.7. The van der Waals surface area contributed by atoms with Gasteiger partial charge in [-0.15, -0.1) is 0 Å². The van der Waals surface area contributed by atoms with Gasteiger partial charge in [-0.2, -0.15) is 0 Å². The van der Waals surface area contributed by atoms with Crippen molar-refractivity contribution >= 4 is 5.91 Å². The van der Waals surface area contributed by atoms with Gasteiger partial charge in [0.1, 0.15) is 0 Å². The zero-order chi connectivity index (χ0) is 10.4. The first-order valence-corrected chi connectivity index (χ1v) is 4.56. The Kier molecular flexibility index (Phi) is 4.07. The molecular formula is C10H15N3O. The molecule has 0 radical (unpaired) electrons. The van der Waals surface area contributed by atoms with Crippen molar-refractivity contribution in [1.29, 1.82) is 0 Å². The van der Waals surface area contributed by atoms with Crippen molar-refractivity contribution < 1.29 is 4.79 Å². The molecule has 76 valence electrons. The van der Waals surface area contributed by atoms with E-state index in [1.165, 1.54) is 0 Å². The third kappa shape index (κ3) is 3.53. The van der Waals surface area contributed by atoms with E-state index in [4.69, 9.17) is 0 Å². The van der Waals surface area contributed by atoms with Gasteiger partial charge in [0, 0.05) is 19.3 Å². The third-order valence-electron chi connectivity index (χ3n) is 1.82. The molecule has 1 aromatic heterocycles. The van der Waals surface area contributed by atoms with Crippen LogP contribution in [0.15, 0.2) is 18.2 Å². The van der Waals surface area contributed by atoms with E-state index in [0.29, 0.717) is 13.1 Å². The number of nitrogens with zero attached hydrogens (tertiary/aromatic N) is 1. The zero-order valence-corrected chi connectivity index (χ0v) is 8.50. The van der Waals surface area contributed by atoms with E-state index in [1.807, 2.05) is 25.1 Å². The van der Waals surface area contributed by atoms with Crippen LogP contribution in [0.1, 0.15) is 11.4 Å². The van der Waals surface area contributed by atoms with Crippen LogP contribution in [0.3, 0.4) is 0 Å². The van der Waals surface area contributed by atoms with Crippen molar-refractivity contribution in [3.63, 3.8) is 0 Å². The lowest BCUT2D eigenvalue weighted by Crippen LogP contribution is -2.31. The molecule has 0 aliphatic carbocycles. The summed E-state index contributed by atoms with van der Waals surface area (Å²) in [4.78, 5) is 15.2. The van der Waals surface area contributed by atoms with Crippen molar-refractivity contribution in [1.82, 2.24) is 15.6 Å². The number of likely N-dealkylation sites (N-methyl/N-ethyl adjacent to an activating group) is 1. The topological polar surface area (TPSA) is 54.0 Å². The molecule has 1 heterocycles. The van der Waals surface area contributed by atoms with Gasteiger partial charge < -0.3 is 10.6 Å². The van der Waals surface area contributed by atoms with Crippen LogP contribution in [0.25, 0.3) is 0 Å². The Morgan fingerprint density at radius 3 is 2.93 bits per heavy atom. The highest BCUT2D eigenvalue weighted by molar-refractivity contribution is 5.77. The van der Waals surface area contributed by atoms with Gasteiger partial charge >= 0.3 is 0 Å². The molecule has 0 fully saturated rings. The van der Waals surface area contributed by atoms with Gasteiger partial charge in [0.2, 0.25) is 5.91 Å². The van der Waals surface area contributed by atoms with Crippen LogP contribution in [0.2, 0.25) is 0 Å². The van der Waals surface area contributed by atoms with Gasteiger partial charge in [0.05, 0.1) is 12.2 Å². The summed E-state index contributed by atoms with van der Waals surface area (Å²) in [5.74, 6) is -0.0161. The highest BCUT2D eigenvalue weighted by Crippen LogP contribution is 1.96. The number of hydrogen-bond donors (Lipinski definition) is 2. The van der Waals surface area contributed by atoms with Gasteiger partial charge in [-0.3, -0.25) is 9.78 Å². The fraction of sp³-hybridized carbons (Fsp3) is 0.400. The lowest BCUT2D eigenvalue weighted by atomic mass is 10.3. The fourth-order valence-electron chi connectivity index (χ4n) is 1.09. The molecule has 0 aliphatic heterocycles. The summed E-state index contributed by atoms with van der Waals surface area (Å²) in [6, 6.07) is 5.84. The van der Waals surface area contributed by atoms with Crippen molar-refractivity contribution in [2.75, 3.05) is 13.6 Å². The van der Waals surface area contributed by atoms with E-state index in [0.717, 1.165) is 11.4 Å². The fourth-order valence-corrected chi connectivity index (χ4v) is 1.09. The maximum Gasteiger partial charge on any atom is 0.233 e. The van der Waals surface area contributed by atoms with Crippen LogP contribution >= 0.6 is 0 Å². The minimum Gasteiger partial charge on any atom is -0.358 e. The number of nitrogens with one attached hydrogen (secondary N) is 2. The SMILES string of the molecule is CNC(=O)CNCc1cccc(C)n1. The third-order valence-corrected chi connectivity index (χ3v) is 1.82. The molecular weight excluding hydrogens is 178 g/mol. The predicted octanol–water partition coefficient (Wildman–Crippen LogP) is 0.226. The number of amides is 1. The van der Waals surface area contributed by atoms with Gasteiger partial charge in [-0.25, -0.2) is 0 Å². The first-order chi connectivity index (χ1) is 6.72. The lowest BCUT2D eigenvalue weighted by molar-refractivity contribution is -0.119. The largest absolute Gasteiger partial charge is 0.358 e. The molecule has 1 rings (SSSR count). The zero-order valence-electron chi connectivity index (χ0n) is 8.50. The maximum atomic E-state index is 10.9. The van der Waals surface area contributed by atoms with E-state index >= 15 is 0 Å². The average Bonchev–Trinajstić information content (AvgIpc) is 2.17. The summed E-state index contributed by atoms with van der Waals surface area (Å²) in [5, 5.41) is 5.55. The molecule has 1 amide bonds. The molecule has 14 heavy (non-hydrogen) atoms. The quantitative estimate of drug-likeness (QED) is 0.719. The molecule has 0 bridgehead atoms. The summed E-state index contributed by atoms with van der Waals surface area (Å²) < 4.78 is 0. The van der Waals surface area contributed by atoms with Crippen LogP contribution in [0.5, 0.6) is 0 Å². The smallest absolute Gasteiger partial charge is 0.233 e. The predicted molar refractivity (Wildman–Crippen MR) is 54.7 cm³/mol. The normalized spacial score (nSPS) is 9.86. The van der Waals surface area contributed by atoms with E-state index < -0.39 is 0 Å². The molecule has 4 heteroatoms. The second kappa shape index (κ2) is 5.34. The average molecular weight is 193 g/mol. The number of pyridine rings is 1. The number of aromatic nitrogens is 1. The Morgan fingerprint density at radius 2 is 2.29 bits per heavy atom. The number of aryl methyl sites for hydroxylation is 1. The molecule has 0 atom stereocenters. The first-order valence-electron chi connectivity index (χ1n) is 4.56. The highest BCUT2D eigenvalue weighted by atomic mass is 16.1. The number of rotatable bonds is 4. The second-order valence-electron chi connectivity index (χ2n) is 3.05. The monoisotopic (exact) mass is 193 g/mol.